The van der Waals surface area contributed by atoms with E-state index in [0.29, 0.717) is 24.3 Å². The van der Waals surface area contributed by atoms with E-state index in [1.807, 2.05) is 18.2 Å². The fourth-order valence-corrected chi connectivity index (χ4v) is 4.02. The van der Waals surface area contributed by atoms with Gasteiger partial charge in [-0.15, -0.1) is 0 Å². The van der Waals surface area contributed by atoms with Gasteiger partial charge in [-0.1, -0.05) is 18.2 Å². The lowest BCUT2D eigenvalue weighted by Gasteiger charge is -2.35. The number of fused-ring (bicyclic) bond motifs is 1. The average Bonchev–Trinajstić information content (AvgIpc) is 3.34. The van der Waals surface area contributed by atoms with Crippen LogP contribution in [0.1, 0.15) is 11.1 Å². The summed E-state index contributed by atoms with van der Waals surface area (Å²) in [5, 5.41) is 22.7. The van der Waals surface area contributed by atoms with Crippen LogP contribution >= 0.6 is 0 Å². The Hall–Kier alpha value is -3.83. The van der Waals surface area contributed by atoms with E-state index in [1.54, 1.807) is 29.2 Å². The Morgan fingerprint density at radius 3 is 2.60 bits per heavy atom. The van der Waals surface area contributed by atoms with E-state index in [4.69, 9.17) is 20.6 Å². The van der Waals surface area contributed by atoms with Crippen LogP contribution in [0, 0.1) is 5.41 Å². The van der Waals surface area contributed by atoms with Gasteiger partial charge in [-0.25, -0.2) is 0 Å². The minimum absolute atomic E-state index is 0.0970. The molecule has 0 saturated carbocycles. The van der Waals surface area contributed by atoms with Crippen LogP contribution in [0.3, 0.4) is 0 Å². The van der Waals surface area contributed by atoms with Gasteiger partial charge in [0.05, 0.1) is 13.2 Å². The zero-order valence-electron chi connectivity index (χ0n) is 19.3. The Morgan fingerprint density at radius 2 is 1.86 bits per heavy atom. The summed E-state index contributed by atoms with van der Waals surface area (Å²) in [6, 6.07) is 11.7. The number of aliphatic hydroxyl groups is 1. The van der Waals surface area contributed by atoms with Crippen molar-refractivity contribution in [3.63, 3.8) is 0 Å². The molecule has 186 valence electrons. The number of carbonyl (C=O) groups is 2. The Labute approximate surface area is 203 Å². The predicted molar refractivity (Wildman–Crippen MR) is 129 cm³/mol. The van der Waals surface area contributed by atoms with Gasteiger partial charge in [0.25, 0.3) is 0 Å². The highest BCUT2D eigenvalue weighted by molar-refractivity contribution is 5.96. The first kappa shape index (κ1) is 24.3. The van der Waals surface area contributed by atoms with E-state index in [-0.39, 0.29) is 25.1 Å². The maximum atomic E-state index is 12.6. The minimum atomic E-state index is -0.941. The van der Waals surface area contributed by atoms with Crippen molar-refractivity contribution in [3.05, 3.63) is 53.6 Å². The molecule has 11 heteroatoms. The van der Waals surface area contributed by atoms with Crippen LogP contribution in [0.4, 0.5) is 5.69 Å². The molecule has 1 unspecified atom stereocenters. The third-order valence-corrected chi connectivity index (χ3v) is 6.00. The molecule has 1 fully saturated rings. The second-order valence-corrected chi connectivity index (χ2v) is 8.44. The summed E-state index contributed by atoms with van der Waals surface area (Å²) in [5.41, 5.74) is 7.66. The van der Waals surface area contributed by atoms with Gasteiger partial charge >= 0.3 is 0 Å². The summed E-state index contributed by atoms with van der Waals surface area (Å²) < 4.78 is 10.8. The quantitative estimate of drug-likeness (QED) is 0.246. The molecule has 2 aromatic rings. The third kappa shape index (κ3) is 6.19. The number of aliphatic hydroxyl groups excluding tert-OH is 1. The van der Waals surface area contributed by atoms with E-state index in [2.05, 4.69) is 15.5 Å². The number of benzene rings is 2. The average molecular weight is 483 g/mol. The number of piperazine rings is 1. The third-order valence-electron chi connectivity index (χ3n) is 6.00. The predicted octanol–water partition coefficient (Wildman–Crippen LogP) is -0.0672. The fourth-order valence-electron chi connectivity index (χ4n) is 4.02. The maximum Gasteiger partial charge on any atom is 0.245 e. The highest BCUT2D eigenvalue weighted by Gasteiger charge is 2.24. The lowest BCUT2D eigenvalue weighted by atomic mass is 10.1. The van der Waals surface area contributed by atoms with Crippen molar-refractivity contribution in [1.29, 1.82) is 5.41 Å². The van der Waals surface area contributed by atoms with Crippen molar-refractivity contribution >= 4 is 23.3 Å². The summed E-state index contributed by atoms with van der Waals surface area (Å²) in [5.74, 6) is 0.760. The SMILES string of the molecule is N=C(N)c1cccc(NC(CO)C(=O)NCC(=O)N2CCN(Cc3ccc4c(c3)OCO4)CC2)c1. The molecule has 6 N–H and O–H groups in total. The molecular formula is C24H30N6O5. The Morgan fingerprint density at radius 1 is 1.09 bits per heavy atom. The summed E-state index contributed by atoms with van der Waals surface area (Å²) in [6.45, 7) is 2.98. The highest BCUT2D eigenvalue weighted by atomic mass is 16.7. The number of carbonyl (C=O) groups excluding carboxylic acids is 2. The number of nitrogen functional groups attached to an aromatic ring is 1. The molecule has 1 saturated heterocycles. The first-order valence-corrected chi connectivity index (χ1v) is 11.4. The summed E-state index contributed by atoms with van der Waals surface area (Å²) >= 11 is 0. The number of amides is 2. The molecule has 11 nitrogen and oxygen atoms in total. The summed E-state index contributed by atoms with van der Waals surface area (Å²) in [4.78, 5) is 29.1. The van der Waals surface area contributed by atoms with Gasteiger partial charge in [0, 0.05) is 44.0 Å². The van der Waals surface area contributed by atoms with E-state index in [1.165, 1.54) is 0 Å². The molecule has 2 amide bonds. The maximum absolute atomic E-state index is 12.6. The number of nitrogens with zero attached hydrogens (tertiary/aromatic N) is 2. The van der Waals surface area contributed by atoms with Crippen LogP contribution in [0.25, 0.3) is 0 Å². The molecule has 0 aromatic heterocycles. The zero-order chi connectivity index (χ0) is 24.8. The van der Waals surface area contributed by atoms with Gasteiger partial charge in [0.2, 0.25) is 18.6 Å². The molecule has 2 aliphatic rings. The van der Waals surface area contributed by atoms with Crippen molar-refractivity contribution in [2.24, 2.45) is 5.73 Å². The number of hydrogen-bond acceptors (Lipinski definition) is 8. The minimum Gasteiger partial charge on any atom is -0.454 e. The lowest BCUT2D eigenvalue weighted by molar-refractivity contribution is -0.134. The van der Waals surface area contributed by atoms with E-state index in [9.17, 15) is 14.7 Å². The number of nitrogens with two attached hydrogens (primary N) is 1. The molecule has 0 aliphatic carbocycles. The molecule has 0 spiro atoms. The van der Waals surface area contributed by atoms with Gasteiger partial charge in [-0.05, 0) is 29.8 Å². The summed E-state index contributed by atoms with van der Waals surface area (Å²) in [6.07, 6.45) is 0. The van der Waals surface area contributed by atoms with Crippen molar-refractivity contribution in [3.8, 4) is 11.5 Å². The Bertz CT molecular complexity index is 1090. The van der Waals surface area contributed by atoms with Crippen LogP contribution in [-0.2, 0) is 16.1 Å². The molecule has 35 heavy (non-hydrogen) atoms. The molecule has 4 rings (SSSR count). The van der Waals surface area contributed by atoms with E-state index in [0.717, 1.165) is 36.7 Å². The highest BCUT2D eigenvalue weighted by Crippen LogP contribution is 2.32. The van der Waals surface area contributed by atoms with Crippen molar-refractivity contribution < 1.29 is 24.2 Å². The van der Waals surface area contributed by atoms with Crippen molar-refractivity contribution in [1.82, 2.24) is 15.1 Å². The molecule has 1 atom stereocenters. The first-order chi connectivity index (χ1) is 16.9. The second kappa shape index (κ2) is 11.1. The number of hydrogen-bond donors (Lipinski definition) is 5. The molecule has 2 heterocycles. The standard InChI is InChI=1S/C24H30N6O5/c25-23(26)17-2-1-3-18(11-17)28-19(14-31)24(33)27-12-22(32)30-8-6-29(7-9-30)13-16-4-5-20-21(10-16)35-15-34-20/h1-5,10-11,19,28,31H,6-9,12-15H2,(H3,25,26)(H,27,33). The Balaban J connectivity index is 1.21. The smallest absolute Gasteiger partial charge is 0.245 e. The van der Waals surface area contributed by atoms with Crippen LogP contribution in [0.15, 0.2) is 42.5 Å². The number of ether oxygens (including phenoxy) is 2. The topological polar surface area (TPSA) is 153 Å². The van der Waals surface area contributed by atoms with Crippen molar-refractivity contribution in [2.75, 3.05) is 51.4 Å². The normalized spacial score (nSPS) is 16.0. The molecule has 0 radical (unpaired) electrons. The molecular weight excluding hydrogens is 452 g/mol. The number of anilines is 1. The van der Waals surface area contributed by atoms with E-state index >= 15 is 0 Å². The largest absolute Gasteiger partial charge is 0.454 e. The van der Waals surface area contributed by atoms with Gasteiger partial charge < -0.3 is 35.8 Å². The molecule has 2 aliphatic heterocycles. The van der Waals surface area contributed by atoms with Crippen LogP contribution in [0.5, 0.6) is 11.5 Å². The van der Waals surface area contributed by atoms with Crippen LogP contribution < -0.4 is 25.8 Å². The monoisotopic (exact) mass is 482 g/mol. The second-order valence-electron chi connectivity index (χ2n) is 8.44. The summed E-state index contributed by atoms with van der Waals surface area (Å²) in [7, 11) is 0. The van der Waals surface area contributed by atoms with E-state index < -0.39 is 18.6 Å². The molecule has 0 bridgehead atoms. The van der Waals surface area contributed by atoms with Crippen molar-refractivity contribution in [2.45, 2.75) is 12.6 Å². The first-order valence-electron chi connectivity index (χ1n) is 11.4. The van der Waals surface area contributed by atoms with Crippen LogP contribution in [0.2, 0.25) is 0 Å². The molecule has 2 aromatic carbocycles. The fraction of sp³-hybridized carbons (Fsp3) is 0.375. The number of amidine groups is 1. The van der Waals surface area contributed by atoms with Gasteiger partial charge in [0.1, 0.15) is 11.9 Å². The van der Waals surface area contributed by atoms with Gasteiger partial charge in [-0.3, -0.25) is 19.9 Å². The van der Waals surface area contributed by atoms with Gasteiger partial charge in [-0.2, -0.15) is 0 Å². The lowest BCUT2D eigenvalue weighted by Crippen LogP contribution is -2.52. The van der Waals surface area contributed by atoms with Crippen LogP contribution in [-0.4, -0.2) is 84.7 Å². The number of nitrogens with one attached hydrogen (secondary N) is 3. The number of rotatable bonds is 9. The Kier molecular flexibility index (Phi) is 7.68. The van der Waals surface area contributed by atoms with Gasteiger partial charge in [0.15, 0.2) is 11.5 Å². The zero-order valence-corrected chi connectivity index (χ0v) is 19.3.